The van der Waals surface area contributed by atoms with Crippen LogP contribution in [0.5, 0.6) is 0 Å². The first kappa shape index (κ1) is 16.5. The van der Waals surface area contributed by atoms with Gasteiger partial charge in [-0.1, -0.05) is 97.9 Å². The molecule has 0 aromatic heterocycles. The van der Waals surface area contributed by atoms with E-state index in [-0.39, 0.29) is 5.41 Å². The van der Waals surface area contributed by atoms with Gasteiger partial charge in [0.15, 0.2) is 0 Å². The van der Waals surface area contributed by atoms with E-state index in [4.69, 9.17) is 0 Å². The summed E-state index contributed by atoms with van der Waals surface area (Å²) in [6.45, 7) is 2.34. The lowest BCUT2D eigenvalue weighted by molar-refractivity contribution is 0.266. The Morgan fingerprint density at radius 2 is 0.792 bits per heavy atom. The molecular weight excluding hydrogens is 288 g/mol. The van der Waals surface area contributed by atoms with Crippen molar-refractivity contribution in [2.24, 2.45) is 5.41 Å². The lowest BCUT2D eigenvalue weighted by Crippen LogP contribution is -2.28. The smallest absolute Gasteiger partial charge is 0.0179 e. The summed E-state index contributed by atoms with van der Waals surface area (Å²) < 4.78 is 0. The molecule has 0 unspecified atom stereocenters. The van der Waals surface area contributed by atoms with Crippen molar-refractivity contribution in [2.45, 2.75) is 32.6 Å². The topological polar surface area (TPSA) is 0 Å². The second kappa shape index (κ2) is 7.97. The van der Waals surface area contributed by atoms with Gasteiger partial charge in [-0.15, -0.1) is 0 Å². The minimum atomic E-state index is 0.254. The number of hydrogen-bond donors (Lipinski definition) is 0. The van der Waals surface area contributed by atoms with Crippen LogP contribution >= 0.6 is 0 Å². The van der Waals surface area contributed by atoms with Gasteiger partial charge < -0.3 is 0 Å². The summed E-state index contributed by atoms with van der Waals surface area (Å²) >= 11 is 0. The minimum Gasteiger partial charge on any atom is -0.0648 e. The second-order valence-electron chi connectivity index (χ2n) is 6.84. The molecule has 3 rings (SSSR count). The molecule has 3 aromatic carbocycles. The summed E-state index contributed by atoms with van der Waals surface area (Å²) in [6.07, 6.45) is 4.53. The summed E-state index contributed by atoms with van der Waals surface area (Å²) in [5.74, 6) is 0. The average Bonchev–Trinajstić information content (AvgIpc) is 2.64. The Kier molecular flexibility index (Phi) is 5.48. The molecule has 0 nitrogen and oxygen atoms in total. The van der Waals surface area contributed by atoms with Gasteiger partial charge in [-0.3, -0.25) is 0 Å². The highest BCUT2D eigenvalue weighted by molar-refractivity contribution is 5.24. The van der Waals surface area contributed by atoms with Crippen molar-refractivity contribution in [3.63, 3.8) is 0 Å². The first-order valence-electron chi connectivity index (χ1n) is 8.91. The van der Waals surface area contributed by atoms with Crippen molar-refractivity contribution >= 4 is 0 Å². The Balaban J connectivity index is 1.91. The van der Waals surface area contributed by atoms with E-state index in [0.717, 1.165) is 19.3 Å². The van der Waals surface area contributed by atoms with Crippen molar-refractivity contribution in [3.05, 3.63) is 108 Å². The highest BCUT2D eigenvalue weighted by atomic mass is 14.3. The molecule has 0 atom stereocenters. The van der Waals surface area contributed by atoms with Crippen LogP contribution in [0.15, 0.2) is 91.0 Å². The number of rotatable bonds is 7. The third-order valence-corrected chi connectivity index (χ3v) is 5.02. The van der Waals surface area contributed by atoms with Gasteiger partial charge in [-0.25, -0.2) is 0 Å². The van der Waals surface area contributed by atoms with Gasteiger partial charge in [0, 0.05) is 0 Å². The van der Waals surface area contributed by atoms with Crippen LogP contribution in [0.2, 0.25) is 0 Å². The molecular formula is C24H26. The normalized spacial score (nSPS) is 11.4. The van der Waals surface area contributed by atoms with E-state index >= 15 is 0 Å². The maximum Gasteiger partial charge on any atom is -0.0179 e. The largest absolute Gasteiger partial charge is 0.0648 e. The van der Waals surface area contributed by atoms with E-state index in [1.165, 1.54) is 23.1 Å². The molecule has 0 bridgehead atoms. The Hall–Kier alpha value is -2.34. The third-order valence-electron chi connectivity index (χ3n) is 5.02. The number of hydrogen-bond acceptors (Lipinski definition) is 0. The van der Waals surface area contributed by atoms with Crippen LogP contribution in [0.1, 0.15) is 30.0 Å². The highest BCUT2D eigenvalue weighted by Gasteiger charge is 2.29. The van der Waals surface area contributed by atoms with Crippen molar-refractivity contribution in [1.82, 2.24) is 0 Å². The molecule has 0 N–H and O–H groups in total. The Morgan fingerprint density at radius 1 is 0.500 bits per heavy atom. The summed E-state index contributed by atoms with van der Waals surface area (Å²) in [7, 11) is 0. The first-order valence-corrected chi connectivity index (χ1v) is 8.91. The maximum absolute atomic E-state index is 2.34. The molecule has 24 heavy (non-hydrogen) atoms. The molecule has 0 fully saturated rings. The zero-order valence-corrected chi connectivity index (χ0v) is 14.5. The van der Waals surface area contributed by atoms with Crippen LogP contribution < -0.4 is 0 Å². The quantitative estimate of drug-likeness (QED) is 0.493. The Bertz CT molecular complexity index is 612. The van der Waals surface area contributed by atoms with Crippen molar-refractivity contribution in [3.8, 4) is 0 Å². The standard InChI is InChI=1S/C24H26/c1-2-24(18-21-12-6-3-7-13-21,19-22-14-8-4-9-15-22)20-23-16-10-5-11-17-23/h3-17H,2,18-20H2,1H3. The molecule has 0 heterocycles. The van der Waals surface area contributed by atoms with Crippen LogP contribution in [-0.2, 0) is 19.3 Å². The highest BCUT2D eigenvalue weighted by Crippen LogP contribution is 2.35. The molecule has 0 aliphatic carbocycles. The molecule has 0 amide bonds. The van der Waals surface area contributed by atoms with Gasteiger partial charge in [0.1, 0.15) is 0 Å². The molecule has 122 valence electrons. The van der Waals surface area contributed by atoms with Gasteiger partial charge >= 0.3 is 0 Å². The van der Waals surface area contributed by atoms with Gasteiger partial charge in [-0.2, -0.15) is 0 Å². The van der Waals surface area contributed by atoms with Gasteiger partial charge in [0.25, 0.3) is 0 Å². The maximum atomic E-state index is 2.34. The van der Waals surface area contributed by atoms with Crippen LogP contribution in [0.3, 0.4) is 0 Å². The summed E-state index contributed by atoms with van der Waals surface area (Å²) in [5, 5.41) is 0. The molecule has 0 radical (unpaired) electrons. The van der Waals surface area contributed by atoms with Crippen molar-refractivity contribution in [2.75, 3.05) is 0 Å². The lowest BCUT2D eigenvalue weighted by Gasteiger charge is -2.34. The molecule has 3 aromatic rings. The molecule has 0 aliphatic rings. The van der Waals surface area contributed by atoms with Gasteiger partial charge in [0.05, 0.1) is 0 Å². The molecule has 0 spiro atoms. The van der Waals surface area contributed by atoms with Crippen LogP contribution in [-0.4, -0.2) is 0 Å². The van der Waals surface area contributed by atoms with E-state index < -0.39 is 0 Å². The molecule has 0 saturated carbocycles. The fourth-order valence-corrected chi connectivity index (χ4v) is 3.65. The van der Waals surface area contributed by atoms with E-state index in [1.807, 2.05) is 0 Å². The fourth-order valence-electron chi connectivity index (χ4n) is 3.65. The average molecular weight is 314 g/mol. The minimum absolute atomic E-state index is 0.254. The summed E-state index contributed by atoms with van der Waals surface area (Å²) in [5.41, 5.74) is 4.56. The summed E-state index contributed by atoms with van der Waals surface area (Å²) in [6, 6.07) is 32.8. The third kappa shape index (κ3) is 4.35. The van der Waals surface area contributed by atoms with Crippen LogP contribution in [0.4, 0.5) is 0 Å². The Morgan fingerprint density at radius 3 is 1.04 bits per heavy atom. The van der Waals surface area contributed by atoms with Crippen molar-refractivity contribution < 1.29 is 0 Å². The van der Waals surface area contributed by atoms with E-state index in [1.54, 1.807) is 0 Å². The lowest BCUT2D eigenvalue weighted by atomic mass is 9.70. The molecule has 0 aliphatic heterocycles. The molecule has 0 saturated heterocycles. The summed E-state index contributed by atoms with van der Waals surface area (Å²) in [4.78, 5) is 0. The first-order chi connectivity index (χ1) is 11.8. The van der Waals surface area contributed by atoms with Crippen LogP contribution in [0, 0.1) is 5.41 Å². The van der Waals surface area contributed by atoms with Gasteiger partial charge in [-0.05, 0) is 47.8 Å². The SMILES string of the molecule is CCC(Cc1ccccc1)(Cc1ccccc1)Cc1ccccc1. The van der Waals surface area contributed by atoms with Crippen molar-refractivity contribution in [1.29, 1.82) is 0 Å². The molecule has 0 heteroatoms. The van der Waals surface area contributed by atoms with E-state index in [9.17, 15) is 0 Å². The van der Waals surface area contributed by atoms with E-state index in [2.05, 4.69) is 97.9 Å². The van der Waals surface area contributed by atoms with Gasteiger partial charge in [0.2, 0.25) is 0 Å². The number of benzene rings is 3. The predicted octanol–water partition coefficient (Wildman–Crippen LogP) is 6.11. The zero-order valence-electron chi connectivity index (χ0n) is 14.5. The van der Waals surface area contributed by atoms with Crippen LogP contribution in [0.25, 0.3) is 0 Å². The van der Waals surface area contributed by atoms with E-state index in [0.29, 0.717) is 0 Å². The predicted molar refractivity (Wildman–Crippen MR) is 103 cm³/mol. The second-order valence-corrected chi connectivity index (χ2v) is 6.84. The Labute approximate surface area is 146 Å². The monoisotopic (exact) mass is 314 g/mol. The zero-order chi connectivity index (χ0) is 16.7. The fraction of sp³-hybridized carbons (Fsp3) is 0.250.